The minimum atomic E-state index is -0.302. The number of amides is 1. The van der Waals surface area contributed by atoms with Crippen molar-refractivity contribution in [2.45, 2.75) is 27.0 Å². The van der Waals surface area contributed by atoms with E-state index in [1.165, 1.54) is 12.1 Å². The molecule has 1 heterocycles. The summed E-state index contributed by atoms with van der Waals surface area (Å²) < 4.78 is 20.5. The first-order valence-corrected chi connectivity index (χ1v) is 10.4. The molecule has 0 spiro atoms. The predicted octanol–water partition coefficient (Wildman–Crippen LogP) is 5.52. The van der Waals surface area contributed by atoms with Gasteiger partial charge in [-0.25, -0.2) is 4.39 Å². The molecule has 0 saturated heterocycles. The van der Waals surface area contributed by atoms with Gasteiger partial charge in [0, 0.05) is 5.56 Å². The van der Waals surface area contributed by atoms with E-state index in [9.17, 15) is 9.18 Å². The molecule has 0 atom stereocenters. The standard InChI is InChI=1S/C26H24FN3O2/c1-18-25(19(2)30(29-18)16-20-6-4-3-5-7-20)28-26(31)22-10-8-21(9-11-22)17-32-24-14-12-23(27)13-15-24/h3-15H,16-17H2,1-2H3,(H,28,31). The zero-order valence-corrected chi connectivity index (χ0v) is 18.0. The number of aromatic nitrogens is 2. The summed E-state index contributed by atoms with van der Waals surface area (Å²) in [6.45, 7) is 4.82. The van der Waals surface area contributed by atoms with E-state index in [-0.39, 0.29) is 11.7 Å². The summed E-state index contributed by atoms with van der Waals surface area (Å²) in [4.78, 5) is 12.8. The summed E-state index contributed by atoms with van der Waals surface area (Å²) in [7, 11) is 0. The van der Waals surface area contributed by atoms with Crippen LogP contribution in [0.15, 0.2) is 78.9 Å². The number of aryl methyl sites for hydroxylation is 1. The number of nitrogens with zero attached hydrogens (tertiary/aromatic N) is 2. The third kappa shape index (κ3) is 5.03. The Kier molecular flexibility index (Phi) is 6.31. The lowest BCUT2D eigenvalue weighted by Gasteiger charge is -2.09. The second kappa shape index (κ2) is 9.47. The lowest BCUT2D eigenvalue weighted by molar-refractivity contribution is 0.102. The van der Waals surface area contributed by atoms with Crippen LogP contribution in [0.3, 0.4) is 0 Å². The zero-order chi connectivity index (χ0) is 22.5. The fourth-order valence-electron chi connectivity index (χ4n) is 3.42. The van der Waals surface area contributed by atoms with Gasteiger partial charge in [0.15, 0.2) is 0 Å². The molecule has 32 heavy (non-hydrogen) atoms. The maximum atomic E-state index is 13.0. The summed E-state index contributed by atoms with van der Waals surface area (Å²) >= 11 is 0. The van der Waals surface area contributed by atoms with Crippen LogP contribution in [0.1, 0.15) is 32.9 Å². The number of carbonyl (C=O) groups is 1. The summed E-state index contributed by atoms with van der Waals surface area (Å²) in [6, 6.07) is 23.2. The molecule has 0 aliphatic rings. The SMILES string of the molecule is Cc1nn(Cc2ccccc2)c(C)c1NC(=O)c1ccc(COc2ccc(F)cc2)cc1. The lowest BCUT2D eigenvalue weighted by Crippen LogP contribution is -2.13. The van der Waals surface area contributed by atoms with E-state index in [4.69, 9.17) is 4.74 Å². The zero-order valence-electron chi connectivity index (χ0n) is 18.0. The van der Waals surface area contributed by atoms with E-state index < -0.39 is 0 Å². The maximum absolute atomic E-state index is 13.0. The molecule has 4 rings (SSSR count). The van der Waals surface area contributed by atoms with Crippen LogP contribution in [0, 0.1) is 19.7 Å². The monoisotopic (exact) mass is 429 g/mol. The number of hydrogen-bond donors (Lipinski definition) is 1. The predicted molar refractivity (Wildman–Crippen MR) is 122 cm³/mol. The van der Waals surface area contributed by atoms with Gasteiger partial charge in [0.25, 0.3) is 5.91 Å². The van der Waals surface area contributed by atoms with E-state index in [2.05, 4.69) is 22.5 Å². The number of ether oxygens (including phenoxy) is 1. The van der Waals surface area contributed by atoms with Crippen LogP contribution < -0.4 is 10.1 Å². The number of carbonyl (C=O) groups excluding carboxylic acids is 1. The van der Waals surface area contributed by atoms with Crippen molar-refractivity contribution < 1.29 is 13.9 Å². The van der Waals surface area contributed by atoms with Crippen molar-refractivity contribution in [1.29, 1.82) is 0 Å². The summed E-state index contributed by atoms with van der Waals surface area (Å²) in [5, 5.41) is 7.58. The van der Waals surface area contributed by atoms with Gasteiger partial charge in [-0.2, -0.15) is 5.10 Å². The Bertz CT molecular complexity index is 1200. The minimum Gasteiger partial charge on any atom is -0.489 e. The molecule has 3 aromatic carbocycles. The summed E-state index contributed by atoms with van der Waals surface area (Å²) in [5.41, 5.74) is 5.02. The molecule has 4 aromatic rings. The average Bonchev–Trinajstić information content (AvgIpc) is 3.07. The van der Waals surface area contributed by atoms with Crippen molar-refractivity contribution in [1.82, 2.24) is 9.78 Å². The highest BCUT2D eigenvalue weighted by molar-refractivity contribution is 6.04. The number of rotatable bonds is 7. The van der Waals surface area contributed by atoms with E-state index in [1.807, 2.05) is 48.9 Å². The number of anilines is 1. The first kappa shape index (κ1) is 21.3. The molecule has 0 fully saturated rings. The van der Waals surface area contributed by atoms with Gasteiger partial charge in [-0.1, -0.05) is 42.5 Å². The minimum absolute atomic E-state index is 0.193. The van der Waals surface area contributed by atoms with Gasteiger partial charge in [-0.05, 0) is 61.4 Å². The highest BCUT2D eigenvalue weighted by atomic mass is 19.1. The Morgan fingerprint density at radius 1 is 0.938 bits per heavy atom. The van der Waals surface area contributed by atoms with Crippen LogP contribution >= 0.6 is 0 Å². The molecule has 0 saturated carbocycles. The van der Waals surface area contributed by atoms with Crippen molar-refractivity contribution in [3.8, 4) is 5.75 Å². The van der Waals surface area contributed by atoms with Gasteiger partial charge in [-0.3, -0.25) is 9.48 Å². The molecule has 0 radical (unpaired) electrons. The van der Waals surface area contributed by atoms with Crippen molar-refractivity contribution in [3.05, 3.63) is 113 Å². The van der Waals surface area contributed by atoms with Crippen LogP contribution in [0.2, 0.25) is 0 Å². The summed E-state index contributed by atoms with van der Waals surface area (Å²) in [6.07, 6.45) is 0. The molecule has 1 aromatic heterocycles. The van der Waals surface area contributed by atoms with Gasteiger partial charge >= 0.3 is 0 Å². The number of nitrogens with one attached hydrogen (secondary N) is 1. The van der Waals surface area contributed by atoms with E-state index >= 15 is 0 Å². The van der Waals surface area contributed by atoms with Gasteiger partial charge in [0.1, 0.15) is 18.2 Å². The molecule has 6 heteroatoms. The second-order valence-corrected chi connectivity index (χ2v) is 7.58. The normalized spacial score (nSPS) is 10.7. The molecule has 1 amide bonds. The number of benzene rings is 3. The van der Waals surface area contributed by atoms with Crippen molar-refractivity contribution >= 4 is 11.6 Å². The van der Waals surface area contributed by atoms with E-state index in [0.29, 0.717) is 24.5 Å². The van der Waals surface area contributed by atoms with Crippen LogP contribution in [0.5, 0.6) is 5.75 Å². The van der Waals surface area contributed by atoms with Gasteiger partial charge in [0.2, 0.25) is 0 Å². The van der Waals surface area contributed by atoms with E-state index in [0.717, 1.165) is 28.2 Å². The fourth-order valence-corrected chi connectivity index (χ4v) is 3.42. The van der Waals surface area contributed by atoms with Crippen molar-refractivity contribution in [3.63, 3.8) is 0 Å². The largest absolute Gasteiger partial charge is 0.489 e. The number of hydrogen-bond acceptors (Lipinski definition) is 3. The highest BCUT2D eigenvalue weighted by Crippen LogP contribution is 2.22. The third-order valence-electron chi connectivity index (χ3n) is 5.23. The average molecular weight is 429 g/mol. The van der Waals surface area contributed by atoms with Crippen LogP contribution in [0.4, 0.5) is 10.1 Å². The molecule has 0 bridgehead atoms. The summed E-state index contributed by atoms with van der Waals surface area (Å²) in [5.74, 6) is 0.0944. The Hall–Kier alpha value is -3.93. The van der Waals surface area contributed by atoms with Crippen LogP contribution in [-0.2, 0) is 13.2 Å². The first-order chi connectivity index (χ1) is 15.5. The van der Waals surface area contributed by atoms with Gasteiger partial charge in [0.05, 0.1) is 23.6 Å². The fraction of sp³-hybridized carbons (Fsp3) is 0.154. The maximum Gasteiger partial charge on any atom is 0.255 e. The second-order valence-electron chi connectivity index (χ2n) is 7.58. The van der Waals surface area contributed by atoms with Crippen LogP contribution in [0.25, 0.3) is 0 Å². The third-order valence-corrected chi connectivity index (χ3v) is 5.23. The molecule has 0 unspecified atom stereocenters. The highest BCUT2D eigenvalue weighted by Gasteiger charge is 2.15. The lowest BCUT2D eigenvalue weighted by atomic mass is 10.1. The number of halogens is 1. The molecule has 5 nitrogen and oxygen atoms in total. The molecule has 0 aliphatic heterocycles. The quantitative estimate of drug-likeness (QED) is 0.421. The van der Waals surface area contributed by atoms with Crippen molar-refractivity contribution in [2.24, 2.45) is 0 Å². The van der Waals surface area contributed by atoms with Crippen molar-refractivity contribution in [2.75, 3.05) is 5.32 Å². The molecule has 0 aliphatic carbocycles. The Labute approximate surface area is 186 Å². The Morgan fingerprint density at radius 3 is 2.31 bits per heavy atom. The van der Waals surface area contributed by atoms with Gasteiger partial charge < -0.3 is 10.1 Å². The molecule has 1 N–H and O–H groups in total. The van der Waals surface area contributed by atoms with Crippen LogP contribution in [-0.4, -0.2) is 15.7 Å². The smallest absolute Gasteiger partial charge is 0.255 e. The van der Waals surface area contributed by atoms with Gasteiger partial charge in [-0.15, -0.1) is 0 Å². The molecule has 162 valence electrons. The molecular formula is C26H24FN3O2. The Morgan fingerprint density at radius 2 is 1.62 bits per heavy atom. The topological polar surface area (TPSA) is 56.2 Å². The molecular weight excluding hydrogens is 405 g/mol. The Balaban J connectivity index is 1.40. The first-order valence-electron chi connectivity index (χ1n) is 10.4. The van der Waals surface area contributed by atoms with E-state index in [1.54, 1.807) is 24.3 Å².